The number of aromatic hydroxyl groups is 1. The second-order valence-corrected chi connectivity index (χ2v) is 6.04. The van der Waals surface area contributed by atoms with Crippen LogP contribution in [-0.2, 0) is 0 Å². The molecule has 0 heterocycles. The Balaban J connectivity index is 2.16. The third-order valence-corrected chi connectivity index (χ3v) is 3.94. The molecule has 0 bridgehead atoms. The van der Waals surface area contributed by atoms with E-state index in [4.69, 9.17) is 16.3 Å². The summed E-state index contributed by atoms with van der Waals surface area (Å²) in [7, 11) is 5.85. The Hall–Kier alpha value is -2.04. The molecular weight excluding hydrogens is 312 g/mol. The van der Waals surface area contributed by atoms with E-state index in [0.717, 1.165) is 11.3 Å². The van der Waals surface area contributed by atoms with Crippen molar-refractivity contribution < 1.29 is 14.7 Å². The van der Waals surface area contributed by atoms with Gasteiger partial charge >= 0.3 is 0 Å². The van der Waals surface area contributed by atoms with E-state index < -0.39 is 0 Å². The van der Waals surface area contributed by atoms with Crippen LogP contribution in [0.3, 0.4) is 0 Å². The first kappa shape index (κ1) is 17.3. The number of hydrogen-bond donors (Lipinski definition) is 2. The summed E-state index contributed by atoms with van der Waals surface area (Å²) in [6.07, 6.45) is 1.66. The number of phenolic OH excluding ortho intramolecular Hbond substituents is 1. The molecule has 5 heteroatoms. The summed E-state index contributed by atoms with van der Waals surface area (Å²) in [5.41, 5.74) is 1.78. The molecule has 4 nitrogen and oxygen atoms in total. The average Bonchev–Trinajstić information content (AvgIpc) is 2.54. The Morgan fingerprint density at radius 3 is 2.74 bits per heavy atom. The molecule has 0 saturated carbocycles. The zero-order valence-corrected chi connectivity index (χ0v) is 14.3. The van der Waals surface area contributed by atoms with Gasteiger partial charge in [0.1, 0.15) is 17.5 Å². The second kappa shape index (κ2) is 7.99. The first-order valence-electron chi connectivity index (χ1n) is 7.43. The lowest BCUT2D eigenvalue weighted by Gasteiger charge is -2.20. The van der Waals surface area contributed by atoms with Crippen molar-refractivity contribution in [1.29, 1.82) is 0 Å². The lowest BCUT2D eigenvalue weighted by Crippen LogP contribution is -3.06. The van der Waals surface area contributed by atoms with Crippen molar-refractivity contribution in [1.82, 2.24) is 0 Å². The van der Waals surface area contributed by atoms with Crippen LogP contribution < -0.4 is 9.64 Å². The van der Waals surface area contributed by atoms with Crippen LogP contribution in [0.25, 0.3) is 0 Å². The highest BCUT2D eigenvalue weighted by atomic mass is 35.5. The lowest BCUT2D eigenvalue weighted by molar-refractivity contribution is -0.890. The number of likely N-dealkylation sites (N-methyl/N-ethyl adjacent to an activating group) is 1. The second-order valence-electron chi connectivity index (χ2n) is 5.60. The van der Waals surface area contributed by atoms with E-state index in [1.807, 2.05) is 18.2 Å². The molecule has 2 aromatic carbocycles. The van der Waals surface area contributed by atoms with Crippen molar-refractivity contribution in [2.24, 2.45) is 4.99 Å². The number of nitrogens with zero attached hydrogens (tertiary/aromatic N) is 1. The number of benzene rings is 2. The minimum atomic E-state index is 0.174. The van der Waals surface area contributed by atoms with Crippen LogP contribution in [0.15, 0.2) is 47.5 Å². The van der Waals surface area contributed by atoms with E-state index in [1.54, 1.807) is 31.5 Å². The number of aliphatic imine (C=N–C) groups is 1. The smallest absolute Gasteiger partial charge is 0.133 e. The van der Waals surface area contributed by atoms with Crippen molar-refractivity contribution >= 4 is 17.8 Å². The average molecular weight is 334 g/mol. The number of methoxy groups -OCH3 is 1. The van der Waals surface area contributed by atoms with Gasteiger partial charge in [0.15, 0.2) is 0 Å². The van der Waals surface area contributed by atoms with Gasteiger partial charge in [0.25, 0.3) is 0 Å². The molecule has 0 saturated heterocycles. The van der Waals surface area contributed by atoms with E-state index in [2.05, 4.69) is 25.2 Å². The zero-order chi connectivity index (χ0) is 16.8. The minimum Gasteiger partial charge on any atom is -0.507 e. The van der Waals surface area contributed by atoms with Crippen LogP contribution in [-0.4, -0.2) is 39.1 Å². The molecular formula is C18H22ClN2O2+. The Morgan fingerprint density at radius 2 is 2.04 bits per heavy atom. The van der Waals surface area contributed by atoms with Gasteiger partial charge in [-0.05, 0) is 30.3 Å². The molecule has 1 atom stereocenters. The standard InChI is InChI=1S/C18H21ClN2O2/c1-21(2)17(13-5-4-6-16(10-13)23-3)12-20-11-14-9-15(19)7-8-18(14)22/h4-11,17,22H,12H2,1-3H3/p+1/t17-/m1/s1. The van der Waals surface area contributed by atoms with Crippen LogP contribution in [0.2, 0.25) is 5.02 Å². The van der Waals surface area contributed by atoms with E-state index in [-0.39, 0.29) is 11.8 Å². The van der Waals surface area contributed by atoms with Gasteiger partial charge in [0.05, 0.1) is 27.7 Å². The van der Waals surface area contributed by atoms with Crippen LogP contribution in [0.4, 0.5) is 0 Å². The summed E-state index contributed by atoms with van der Waals surface area (Å²) >= 11 is 5.95. The van der Waals surface area contributed by atoms with Crippen molar-refractivity contribution in [2.75, 3.05) is 27.7 Å². The molecule has 0 aliphatic heterocycles. The molecule has 0 unspecified atom stereocenters. The molecule has 0 spiro atoms. The van der Waals surface area contributed by atoms with Crippen molar-refractivity contribution in [3.05, 3.63) is 58.6 Å². The summed E-state index contributed by atoms with van der Waals surface area (Å²) in [5, 5.41) is 10.4. The van der Waals surface area contributed by atoms with Crippen LogP contribution in [0.5, 0.6) is 11.5 Å². The number of hydrogen-bond acceptors (Lipinski definition) is 3. The molecule has 0 fully saturated rings. The quantitative estimate of drug-likeness (QED) is 0.797. The predicted molar refractivity (Wildman–Crippen MR) is 94.1 cm³/mol. The third-order valence-electron chi connectivity index (χ3n) is 3.70. The number of nitrogens with one attached hydrogen (secondary N) is 1. The number of ether oxygens (including phenoxy) is 1. The molecule has 0 aromatic heterocycles. The van der Waals surface area contributed by atoms with Gasteiger partial charge in [-0.15, -0.1) is 0 Å². The molecule has 0 amide bonds. The summed E-state index contributed by atoms with van der Waals surface area (Å²) < 4.78 is 5.29. The normalized spacial score (nSPS) is 12.7. The fourth-order valence-electron chi connectivity index (χ4n) is 2.36. The molecule has 2 rings (SSSR count). The van der Waals surface area contributed by atoms with Crippen LogP contribution >= 0.6 is 11.6 Å². The van der Waals surface area contributed by atoms with E-state index >= 15 is 0 Å². The third kappa shape index (κ3) is 4.71. The largest absolute Gasteiger partial charge is 0.507 e. The minimum absolute atomic E-state index is 0.174. The van der Waals surface area contributed by atoms with Gasteiger partial charge in [-0.3, -0.25) is 4.99 Å². The maximum absolute atomic E-state index is 9.82. The fourth-order valence-corrected chi connectivity index (χ4v) is 2.55. The Bertz CT molecular complexity index is 686. The van der Waals surface area contributed by atoms with Crippen LogP contribution in [0, 0.1) is 0 Å². The highest BCUT2D eigenvalue weighted by molar-refractivity contribution is 6.30. The van der Waals surface area contributed by atoms with Gasteiger partial charge in [-0.2, -0.15) is 0 Å². The number of phenols is 1. The summed E-state index contributed by atoms with van der Waals surface area (Å²) in [4.78, 5) is 5.76. The molecule has 122 valence electrons. The first-order valence-corrected chi connectivity index (χ1v) is 7.81. The zero-order valence-electron chi connectivity index (χ0n) is 13.6. The number of rotatable bonds is 6. The topological polar surface area (TPSA) is 46.3 Å². The molecule has 0 aliphatic rings. The molecule has 0 radical (unpaired) electrons. The Kier molecular flexibility index (Phi) is 6.02. The summed E-state index contributed by atoms with van der Waals surface area (Å²) in [6, 6.07) is 13.1. The fraction of sp³-hybridized carbons (Fsp3) is 0.278. The van der Waals surface area contributed by atoms with Gasteiger partial charge in [-0.1, -0.05) is 23.7 Å². The molecule has 0 aliphatic carbocycles. The predicted octanol–water partition coefficient (Wildman–Crippen LogP) is 2.36. The number of halogens is 1. The van der Waals surface area contributed by atoms with E-state index in [1.165, 1.54) is 4.90 Å². The van der Waals surface area contributed by atoms with Gasteiger partial charge in [0.2, 0.25) is 0 Å². The Labute approximate surface area is 142 Å². The van der Waals surface area contributed by atoms with Gasteiger partial charge < -0.3 is 14.7 Å². The summed E-state index contributed by atoms with van der Waals surface area (Å²) in [6.45, 7) is 0.599. The van der Waals surface area contributed by atoms with Gasteiger partial charge in [0, 0.05) is 22.4 Å². The lowest BCUT2D eigenvalue weighted by atomic mass is 10.1. The van der Waals surface area contributed by atoms with Crippen molar-refractivity contribution in [2.45, 2.75) is 6.04 Å². The molecule has 2 N–H and O–H groups in total. The van der Waals surface area contributed by atoms with Crippen LogP contribution in [0.1, 0.15) is 17.2 Å². The van der Waals surface area contributed by atoms with Crippen molar-refractivity contribution in [3.63, 3.8) is 0 Å². The SMILES string of the molecule is COc1cccc([C@@H](CN=Cc2cc(Cl)ccc2O)[NH+](C)C)c1. The maximum atomic E-state index is 9.82. The van der Waals surface area contributed by atoms with E-state index in [9.17, 15) is 5.11 Å². The molecule has 2 aromatic rings. The Morgan fingerprint density at radius 1 is 1.26 bits per heavy atom. The molecule has 23 heavy (non-hydrogen) atoms. The summed E-state index contributed by atoms with van der Waals surface area (Å²) in [5.74, 6) is 1.01. The van der Waals surface area contributed by atoms with Crippen molar-refractivity contribution in [3.8, 4) is 11.5 Å². The highest BCUT2D eigenvalue weighted by Gasteiger charge is 2.17. The maximum Gasteiger partial charge on any atom is 0.133 e. The number of quaternary nitrogens is 1. The highest BCUT2D eigenvalue weighted by Crippen LogP contribution is 2.20. The first-order chi connectivity index (χ1) is 11.0. The monoisotopic (exact) mass is 333 g/mol. The van der Waals surface area contributed by atoms with Gasteiger partial charge in [-0.25, -0.2) is 0 Å². The van der Waals surface area contributed by atoms with E-state index in [0.29, 0.717) is 17.1 Å².